The van der Waals surface area contributed by atoms with Crippen molar-refractivity contribution in [3.63, 3.8) is 0 Å². The molecule has 3 aromatic rings. The molecule has 0 spiro atoms. The second-order valence-electron chi connectivity index (χ2n) is 8.65. The maximum absolute atomic E-state index is 13.3. The van der Waals surface area contributed by atoms with Gasteiger partial charge in [-0.25, -0.2) is 0 Å². The monoisotopic (exact) mass is 402 g/mol. The van der Waals surface area contributed by atoms with Crippen LogP contribution in [0.5, 0.6) is 5.75 Å². The topological polar surface area (TPSA) is 41.6 Å². The fraction of sp³-hybridized carbons (Fsp3) is 0.346. The molecular formula is C26H30N2O2. The minimum Gasteiger partial charge on any atom is -0.492 e. The van der Waals surface area contributed by atoms with Crippen molar-refractivity contribution in [1.29, 1.82) is 0 Å². The maximum atomic E-state index is 13.3. The number of ether oxygens (including phenoxy) is 1. The molecule has 1 fully saturated rings. The van der Waals surface area contributed by atoms with E-state index in [-0.39, 0.29) is 11.4 Å². The third-order valence-electron chi connectivity index (χ3n) is 5.97. The van der Waals surface area contributed by atoms with Crippen LogP contribution in [0.2, 0.25) is 0 Å². The largest absolute Gasteiger partial charge is 0.492 e. The van der Waals surface area contributed by atoms with Crippen molar-refractivity contribution in [2.24, 2.45) is 0 Å². The number of hydrogen-bond donors (Lipinski definition) is 1. The quantitative estimate of drug-likeness (QED) is 0.616. The van der Waals surface area contributed by atoms with E-state index in [1.165, 1.54) is 16.3 Å². The van der Waals surface area contributed by atoms with E-state index in [2.05, 4.69) is 52.7 Å². The van der Waals surface area contributed by atoms with E-state index in [0.29, 0.717) is 12.2 Å². The zero-order valence-corrected chi connectivity index (χ0v) is 18.3. The number of nitrogens with zero attached hydrogens (tertiary/aromatic N) is 1. The molecule has 1 saturated carbocycles. The van der Waals surface area contributed by atoms with Crippen molar-refractivity contribution in [2.75, 3.05) is 27.2 Å². The van der Waals surface area contributed by atoms with Crippen molar-refractivity contribution >= 4 is 16.7 Å². The smallest absolute Gasteiger partial charge is 0.252 e. The van der Waals surface area contributed by atoms with E-state index in [0.717, 1.165) is 36.3 Å². The second-order valence-corrected chi connectivity index (χ2v) is 8.65. The Balaban J connectivity index is 1.59. The molecular weight excluding hydrogens is 372 g/mol. The van der Waals surface area contributed by atoms with Gasteiger partial charge in [-0.1, -0.05) is 48.5 Å². The molecule has 4 heteroatoms. The fourth-order valence-electron chi connectivity index (χ4n) is 4.08. The van der Waals surface area contributed by atoms with Crippen molar-refractivity contribution < 1.29 is 9.53 Å². The van der Waals surface area contributed by atoms with E-state index in [1.807, 2.05) is 40.1 Å². The third kappa shape index (κ3) is 4.05. The van der Waals surface area contributed by atoms with Gasteiger partial charge in [0.15, 0.2) is 0 Å². The first-order chi connectivity index (χ1) is 14.4. The summed E-state index contributed by atoms with van der Waals surface area (Å²) in [6.07, 6.45) is 1.92. The minimum absolute atomic E-state index is 0.0320. The third-order valence-corrected chi connectivity index (χ3v) is 5.97. The molecule has 4 rings (SSSR count). The van der Waals surface area contributed by atoms with Crippen LogP contribution in [-0.2, 0) is 5.54 Å². The molecule has 30 heavy (non-hydrogen) atoms. The van der Waals surface area contributed by atoms with Crippen LogP contribution in [0, 0.1) is 13.8 Å². The molecule has 1 aliphatic carbocycles. The van der Waals surface area contributed by atoms with E-state index in [4.69, 9.17) is 4.74 Å². The lowest BCUT2D eigenvalue weighted by Crippen LogP contribution is -2.35. The Labute approximate surface area is 178 Å². The highest BCUT2D eigenvalue weighted by atomic mass is 16.5. The Morgan fingerprint density at radius 2 is 1.77 bits per heavy atom. The highest BCUT2D eigenvalue weighted by Crippen LogP contribution is 2.48. The summed E-state index contributed by atoms with van der Waals surface area (Å²) >= 11 is 0. The molecule has 0 aliphatic heterocycles. The number of nitrogens with one attached hydrogen (secondary N) is 1. The number of aryl methyl sites for hydroxylation is 2. The van der Waals surface area contributed by atoms with Gasteiger partial charge in [0.05, 0.1) is 5.54 Å². The molecule has 1 amide bonds. The number of amides is 1. The summed E-state index contributed by atoms with van der Waals surface area (Å²) in [7, 11) is 4.04. The van der Waals surface area contributed by atoms with Gasteiger partial charge < -0.3 is 15.0 Å². The summed E-state index contributed by atoms with van der Waals surface area (Å²) in [5.74, 6) is 0.748. The highest BCUT2D eigenvalue weighted by molar-refractivity contribution is 5.98. The number of benzene rings is 3. The van der Waals surface area contributed by atoms with Gasteiger partial charge in [-0.2, -0.15) is 0 Å². The summed E-state index contributed by atoms with van der Waals surface area (Å²) in [6.45, 7) is 5.44. The van der Waals surface area contributed by atoms with Gasteiger partial charge in [0.1, 0.15) is 12.4 Å². The van der Waals surface area contributed by atoms with Crippen LogP contribution < -0.4 is 10.1 Å². The van der Waals surface area contributed by atoms with Crippen LogP contribution in [0.15, 0.2) is 54.6 Å². The average molecular weight is 403 g/mol. The van der Waals surface area contributed by atoms with Gasteiger partial charge in [0, 0.05) is 12.1 Å². The Morgan fingerprint density at radius 3 is 2.50 bits per heavy atom. The number of carbonyl (C=O) groups excluding carboxylic acids is 1. The molecule has 0 aromatic heterocycles. The van der Waals surface area contributed by atoms with Gasteiger partial charge in [-0.15, -0.1) is 0 Å². The SMILES string of the molecule is Cc1cc(C)c(C(=O)NC2(c3cccc4ccccc34)CC2)cc1OCCN(C)C. The van der Waals surface area contributed by atoms with Crippen molar-refractivity contribution in [3.05, 3.63) is 76.9 Å². The first kappa shape index (κ1) is 20.4. The van der Waals surface area contributed by atoms with Crippen molar-refractivity contribution in [1.82, 2.24) is 10.2 Å². The van der Waals surface area contributed by atoms with Crippen LogP contribution in [0.3, 0.4) is 0 Å². The fourth-order valence-corrected chi connectivity index (χ4v) is 4.08. The van der Waals surface area contributed by atoms with Crippen LogP contribution in [0.4, 0.5) is 0 Å². The normalized spacial score (nSPS) is 14.7. The molecule has 1 N–H and O–H groups in total. The summed E-state index contributed by atoms with van der Waals surface area (Å²) in [5, 5.41) is 5.77. The zero-order valence-electron chi connectivity index (χ0n) is 18.3. The van der Waals surface area contributed by atoms with E-state index >= 15 is 0 Å². The highest BCUT2D eigenvalue weighted by Gasteiger charge is 2.46. The molecule has 0 radical (unpaired) electrons. The minimum atomic E-state index is -0.277. The summed E-state index contributed by atoms with van der Waals surface area (Å²) in [4.78, 5) is 15.4. The van der Waals surface area contributed by atoms with Crippen LogP contribution in [0.25, 0.3) is 10.8 Å². The number of rotatable bonds is 7. The summed E-state index contributed by atoms with van der Waals surface area (Å²) in [5.41, 5.74) is 3.64. The Morgan fingerprint density at radius 1 is 1.03 bits per heavy atom. The first-order valence-electron chi connectivity index (χ1n) is 10.6. The van der Waals surface area contributed by atoms with Crippen molar-refractivity contribution in [3.8, 4) is 5.75 Å². The van der Waals surface area contributed by atoms with E-state index < -0.39 is 0 Å². The lowest BCUT2D eigenvalue weighted by atomic mass is 9.96. The summed E-state index contributed by atoms with van der Waals surface area (Å²) < 4.78 is 5.96. The lowest BCUT2D eigenvalue weighted by molar-refractivity contribution is 0.0930. The van der Waals surface area contributed by atoms with Crippen LogP contribution in [0.1, 0.15) is 39.9 Å². The zero-order chi connectivity index (χ0) is 21.3. The van der Waals surface area contributed by atoms with Crippen molar-refractivity contribution in [2.45, 2.75) is 32.2 Å². The average Bonchev–Trinajstić information content (AvgIpc) is 3.49. The van der Waals surface area contributed by atoms with Gasteiger partial charge in [-0.05, 0) is 74.3 Å². The van der Waals surface area contributed by atoms with Crippen LogP contribution >= 0.6 is 0 Å². The molecule has 0 saturated heterocycles. The molecule has 0 bridgehead atoms. The second kappa shape index (κ2) is 8.11. The number of likely N-dealkylation sites (N-methyl/N-ethyl adjacent to an activating group) is 1. The molecule has 1 aliphatic rings. The molecule has 0 atom stereocenters. The van der Waals surface area contributed by atoms with Crippen LogP contribution in [-0.4, -0.2) is 38.1 Å². The Hall–Kier alpha value is -2.85. The van der Waals surface area contributed by atoms with E-state index in [9.17, 15) is 4.79 Å². The van der Waals surface area contributed by atoms with E-state index in [1.54, 1.807) is 0 Å². The standard InChI is InChI=1S/C26H30N2O2/c1-18-16-19(2)24(30-15-14-28(3)4)17-22(18)25(29)27-26(12-13-26)23-11-7-9-20-8-5-6-10-21(20)23/h5-11,16-17H,12-15H2,1-4H3,(H,27,29). The van der Waals surface area contributed by atoms with Gasteiger partial charge in [0.2, 0.25) is 0 Å². The maximum Gasteiger partial charge on any atom is 0.252 e. The lowest BCUT2D eigenvalue weighted by Gasteiger charge is -2.21. The molecule has 3 aromatic carbocycles. The number of fused-ring (bicyclic) bond motifs is 1. The van der Waals surface area contributed by atoms with Gasteiger partial charge >= 0.3 is 0 Å². The molecule has 0 unspecified atom stereocenters. The van der Waals surface area contributed by atoms with Gasteiger partial charge in [-0.3, -0.25) is 4.79 Å². The molecule has 0 heterocycles. The van der Waals surface area contributed by atoms with Gasteiger partial charge in [0.25, 0.3) is 5.91 Å². The Bertz CT molecular complexity index is 1080. The first-order valence-corrected chi connectivity index (χ1v) is 10.6. The predicted molar refractivity (Wildman–Crippen MR) is 122 cm³/mol. The Kier molecular flexibility index (Phi) is 5.52. The molecule has 156 valence electrons. The molecule has 4 nitrogen and oxygen atoms in total. The number of hydrogen-bond acceptors (Lipinski definition) is 3. The number of carbonyl (C=O) groups is 1. The summed E-state index contributed by atoms with van der Waals surface area (Å²) in [6, 6.07) is 18.7. The predicted octanol–water partition coefficient (Wildman–Crippen LogP) is 4.82.